The molecule has 0 aromatic carbocycles. The van der Waals surface area contributed by atoms with E-state index in [0.29, 0.717) is 0 Å². The molecule has 0 aromatic rings. The van der Waals surface area contributed by atoms with Gasteiger partial charge >= 0.3 is 0 Å². The van der Waals surface area contributed by atoms with Crippen molar-refractivity contribution in [2.75, 3.05) is 0 Å². The molecule has 32 valence electrons. The first kappa shape index (κ1) is 0.463. The molecule has 0 rings (SSSR count). The zero-order chi connectivity index (χ0) is 12.0. The molecule has 0 heterocycles. The Bertz CT molecular complexity index is 170. The van der Waals surface area contributed by atoms with Crippen molar-refractivity contribution >= 4 is 0 Å². The minimum atomic E-state index is -3.69. The van der Waals surface area contributed by atoms with E-state index < -0.39 is 26.2 Å². The van der Waals surface area contributed by atoms with Crippen molar-refractivity contribution in [2.45, 2.75) is 26.2 Å². The molecular formula is C4H10O. The van der Waals surface area contributed by atoms with E-state index in [9.17, 15) is 5.11 Å². The summed E-state index contributed by atoms with van der Waals surface area (Å²) in [6.45, 7) is -10.5. The topological polar surface area (TPSA) is 20.2 Å². The van der Waals surface area contributed by atoms with Gasteiger partial charge < -0.3 is 5.11 Å². The van der Waals surface area contributed by atoms with E-state index in [4.69, 9.17) is 12.3 Å². The lowest BCUT2D eigenvalue weighted by atomic mass is 10.2. The highest BCUT2D eigenvalue weighted by Gasteiger charge is 1.97. The van der Waals surface area contributed by atoms with Crippen molar-refractivity contribution in [1.29, 1.82) is 0 Å². The Morgan fingerprint density at radius 2 is 2.00 bits per heavy atom. The fourth-order valence-corrected chi connectivity index (χ4v) is 0. The van der Waals surface area contributed by atoms with Gasteiger partial charge in [0.05, 0.1) is 5.60 Å². The van der Waals surface area contributed by atoms with Crippen LogP contribution in [0.15, 0.2) is 0 Å². The molecule has 5 heavy (non-hydrogen) atoms. The van der Waals surface area contributed by atoms with Gasteiger partial charge in [-0.15, -0.1) is 0 Å². The lowest BCUT2D eigenvalue weighted by Crippen LogP contribution is -2.10. The van der Waals surface area contributed by atoms with Gasteiger partial charge in [0, 0.05) is 12.3 Å². The highest BCUT2D eigenvalue weighted by atomic mass is 16.3. The molecule has 0 aliphatic carbocycles. The van der Waals surface area contributed by atoms with E-state index >= 15 is 0 Å². The Hall–Kier alpha value is -0.0400. The van der Waals surface area contributed by atoms with Crippen molar-refractivity contribution in [2.24, 2.45) is 0 Å². The Morgan fingerprint density at radius 1 is 1.60 bits per heavy atom. The van der Waals surface area contributed by atoms with Crippen molar-refractivity contribution in [1.82, 2.24) is 0 Å². The molecule has 0 unspecified atom stereocenters. The molecule has 0 radical (unpaired) electrons. The van der Waals surface area contributed by atoms with Crippen LogP contribution in [0.3, 0.4) is 0 Å². The highest BCUT2D eigenvalue weighted by Crippen LogP contribution is 1.93. The van der Waals surface area contributed by atoms with Crippen LogP contribution in [0.1, 0.15) is 32.9 Å². The van der Waals surface area contributed by atoms with Crippen LogP contribution in [-0.4, -0.2) is 10.7 Å². The summed E-state index contributed by atoms with van der Waals surface area (Å²) in [5.74, 6) is 0. The van der Waals surface area contributed by atoms with Crippen LogP contribution in [0.25, 0.3) is 0 Å². The predicted octanol–water partition coefficient (Wildman–Crippen LogP) is 0.777. The van der Waals surface area contributed by atoms with Gasteiger partial charge in [0.15, 0.2) is 0 Å². The minimum absolute atomic E-state index is 3.50. The van der Waals surface area contributed by atoms with Gasteiger partial charge in [-0.25, -0.2) is 0 Å². The lowest BCUT2D eigenvalue weighted by Gasteiger charge is -2.04. The van der Waals surface area contributed by atoms with Crippen molar-refractivity contribution in [3.8, 4) is 0 Å². The number of aliphatic hydroxyl groups is 1. The first-order chi connectivity index (χ1) is 5.75. The summed E-state index contributed by atoms with van der Waals surface area (Å²) in [4.78, 5) is 0. The van der Waals surface area contributed by atoms with Gasteiger partial charge in [-0.1, -0.05) is 0 Å². The maximum absolute atomic E-state index is 9.33. The summed E-state index contributed by atoms with van der Waals surface area (Å²) in [7, 11) is 0. The summed E-state index contributed by atoms with van der Waals surface area (Å²) in [5.41, 5.74) is -3.69. The molecule has 1 N–H and O–H groups in total. The van der Waals surface area contributed by atoms with Gasteiger partial charge in [-0.2, -0.15) is 0 Å². The Labute approximate surface area is 45.3 Å². The van der Waals surface area contributed by atoms with Gasteiger partial charge in [-0.3, -0.25) is 0 Å². The second kappa shape index (κ2) is 0.977. The fourth-order valence-electron chi connectivity index (χ4n) is 0. The first-order valence-corrected chi connectivity index (χ1v) is 0.974. The summed E-state index contributed by atoms with van der Waals surface area (Å²) < 4.78 is 60.8. The third kappa shape index (κ3) is 9510. The van der Waals surface area contributed by atoms with Gasteiger partial charge in [0.2, 0.25) is 0 Å². The molecule has 0 aliphatic rings. The van der Waals surface area contributed by atoms with Crippen LogP contribution in [-0.2, 0) is 0 Å². The smallest absolute Gasteiger partial charge is 0.0563 e. The van der Waals surface area contributed by atoms with Gasteiger partial charge in [0.1, 0.15) is 0 Å². The highest BCUT2D eigenvalue weighted by molar-refractivity contribution is 4.50. The maximum Gasteiger partial charge on any atom is 0.0563 e. The predicted molar refractivity (Wildman–Crippen MR) is 22.0 cm³/mol. The summed E-state index contributed by atoms with van der Waals surface area (Å²) in [6.07, 6.45) is 0. The van der Waals surface area contributed by atoms with Crippen LogP contribution in [0.4, 0.5) is 0 Å². The van der Waals surface area contributed by atoms with Crippen LogP contribution < -0.4 is 0 Å². The fraction of sp³-hybridized carbons (Fsp3) is 1.00. The van der Waals surface area contributed by atoms with E-state index in [1.54, 1.807) is 0 Å². The molecule has 0 aliphatic heterocycles. The van der Waals surface area contributed by atoms with E-state index in [-0.39, 0.29) is 0 Å². The maximum atomic E-state index is 9.33. The van der Waals surface area contributed by atoms with Gasteiger partial charge in [0.25, 0.3) is 0 Å². The SMILES string of the molecule is [2H]C([2H])([2H])C(O)(C([2H])([2H])[2H])C([2H])([2H])[2H]. The Morgan fingerprint density at radius 3 is 2.00 bits per heavy atom. The second-order valence-corrected chi connectivity index (χ2v) is 0.710. The molecular weight excluding hydrogens is 64.0 g/mol. The largest absolute Gasteiger partial charge is 0.391 e. The van der Waals surface area contributed by atoms with Crippen LogP contribution in [0, 0.1) is 0 Å². The average Bonchev–Trinajstić information content (AvgIpc) is 1.77. The molecule has 0 amide bonds. The summed E-state index contributed by atoms with van der Waals surface area (Å²) in [6, 6.07) is 0. The molecule has 0 saturated heterocycles. The second-order valence-electron chi connectivity index (χ2n) is 0.710. The molecule has 1 nitrogen and oxygen atoms in total. The van der Waals surface area contributed by atoms with E-state index in [0.717, 1.165) is 0 Å². The zero-order valence-electron chi connectivity index (χ0n) is 11.4. The van der Waals surface area contributed by atoms with Crippen LogP contribution >= 0.6 is 0 Å². The normalized spacial score (nSPS) is 46.2. The standard InChI is InChI=1S/C4H10O/c1-4(2,3)5/h5H,1-3H3/i1D3,2D3,3D3. The molecule has 0 spiro atoms. The Kier molecular flexibility index (Phi) is 0.0905. The van der Waals surface area contributed by atoms with Crippen LogP contribution in [0.2, 0.25) is 0 Å². The average molecular weight is 83.2 g/mol. The molecule has 0 atom stereocenters. The van der Waals surface area contributed by atoms with Crippen molar-refractivity contribution in [3.05, 3.63) is 0 Å². The summed E-state index contributed by atoms with van der Waals surface area (Å²) >= 11 is 0. The third-order valence-electron chi connectivity index (χ3n) is 0. The lowest BCUT2D eigenvalue weighted by molar-refractivity contribution is 0.102. The third-order valence-corrected chi connectivity index (χ3v) is 0. The molecule has 0 bridgehead atoms. The van der Waals surface area contributed by atoms with E-state index in [1.165, 1.54) is 0 Å². The first-order valence-electron chi connectivity index (χ1n) is 5.47. The van der Waals surface area contributed by atoms with Crippen LogP contribution in [0.5, 0.6) is 0 Å². The molecule has 0 saturated carbocycles. The minimum Gasteiger partial charge on any atom is -0.391 e. The molecule has 0 fully saturated rings. The van der Waals surface area contributed by atoms with Crippen molar-refractivity contribution < 1.29 is 17.4 Å². The number of hydrogen-bond donors (Lipinski definition) is 1. The number of rotatable bonds is 0. The zero-order valence-corrected chi connectivity index (χ0v) is 2.45. The van der Waals surface area contributed by atoms with Crippen molar-refractivity contribution in [3.63, 3.8) is 0 Å². The number of hydrogen-bond acceptors (Lipinski definition) is 1. The Balaban J connectivity index is 5.54. The summed E-state index contributed by atoms with van der Waals surface area (Å²) in [5, 5.41) is 9.33. The molecule has 0 aromatic heterocycles. The van der Waals surface area contributed by atoms with Gasteiger partial charge in [-0.05, 0) is 20.6 Å². The molecule has 1 heteroatoms. The van der Waals surface area contributed by atoms with E-state index in [1.807, 2.05) is 0 Å². The quantitative estimate of drug-likeness (QED) is 0.459. The van der Waals surface area contributed by atoms with E-state index in [2.05, 4.69) is 0 Å². The monoisotopic (exact) mass is 83.1 g/mol.